The Kier molecular flexibility index (Phi) is 7.97. The number of para-hydroxylation sites is 1. The molecule has 4 rings (SSSR count). The molecule has 2 N–H and O–H groups in total. The molecule has 0 spiro atoms. The summed E-state index contributed by atoms with van der Waals surface area (Å²) >= 11 is 0. The highest BCUT2D eigenvalue weighted by Gasteiger charge is 2.30. The smallest absolute Gasteiger partial charge is 0.369 e. The number of aromatic nitrogens is 2. The van der Waals surface area contributed by atoms with Crippen LogP contribution in [0.2, 0.25) is 0 Å². The molecule has 1 saturated heterocycles. The highest BCUT2D eigenvalue weighted by Crippen LogP contribution is 2.29. The molecule has 0 aliphatic carbocycles. The predicted octanol–water partition coefficient (Wildman–Crippen LogP) is 3.99. The monoisotopic (exact) mass is 472 g/mol. The number of benzene rings is 2. The van der Waals surface area contributed by atoms with Crippen LogP contribution in [0.5, 0.6) is 0 Å². The van der Waals surface area contributed by atoms with Gasteiger partial charge in [-0.1, -0.05) is 24.3 Å². The van der Waals surface area contributed by atoms with Crippen LogP contribution in [0.4, 0.5) is 19.0 Å². The summed E-state index contributed by atoms with van der Waals surface area (Å²) in [4.78, 5) is 14.2. The number of alkyl halides is 3. The van der Waals surface area contributed by atoms with Gasteiger partial charge in [0.05, 0.1) is 17.6 Å². The average Bonchev–Trinajstić information content (AvgIpc) is 2.83. The van der Waals surface area contributed by atoms with Gasteiger partial charge in [-0.15, -0.1) is 0 Å². The van der Waals surface area contributed by atoms with E-state index in [2.05, 4.69) is 20.4 Å². The lowest BCUT2D eigenvalue weighted by Gasteiger charge is -2.34. The fourth-order valence-corrected chi connectivity index (χ4v) is 4.16. The molecule has 182 valence electrons. The average molecular weight is 473 g/mol. The second-order valence-electron chi connectivity index (χ2n) is 8.64. The fraction of sp³-hybridized carbons (Fsp3) is 0.440. The van der Waals surface area contributed by atoms with E-state index >= 15 is 0 Å². The quantitative estimate of drug-likeness (QED) is 0.460. The van der Waals surface area contributed by atoms with E-state index in [-0.39, 0.29) is 0 Å². The highest BCUT2D eigenvalue weighted by atomic mass is 19.4. The van der Waals surface area contributed by atoms with E-state index in [4.69, 9.17) is 9.97 Å². The summed E-state index contributed by atoms with van der Waals surface area (Å²) in [6, 6.07) is 13.5. The van der Waals surface area contributed by atoms with Gasteiger partial charge in [0.15, 0.2) is 0 Å². The molecule has 0 amide bonds. The number of piperazine rings is 1. The number of hydrogen-bond donors (Lipinski definition) is 2. The van der Waals surface area contributed by atoms with Crippen LogP contribution in [0.3, 0.4) is 0 Å². The van der Waals surface area contributed by atoms with Crippen LogP contribution < -0.4 is 10.6 Å². The molecule has 1 fully saturated rings. The third kappa shape index (κ3) is 6.43. The van der Waals surface area contributed by atoms with Gasteiger partial charge < -0.3 is 10.6 Å². The Morgan fingerprint density at radius 3 is 2.21 bits per heavy atom. The number of hydrogen-bond acceptors (Lipinski definition) is 6. The molecular formula is C25H31F3N6. The molecule has 0 bridgehead atoms. The normalized spacial score (nSPS) is 15.6. The molecule has 1 aliphatic rings. The molecule has 6 nitrogen and oxygen atoms in total. The third-order valence-electron chi connectivity index (χ3n) is 6.06. The Labute approximate surface area is 198 Å². The van der Waals surface area contributed by atoms with Gasteiger partial charge in [-0.05, 0) is 49.8 Å². The van der Waals surface area contributed by atoms with E-state index in [9.17, 15) is 13.2 Å². The van der Waals surface area contributed by atoms with Gasteiger partial charge in [0.2, 0.25) is 0 Å². The zero-order valence-corrected chi connectivity index (χ0v) is 19.4. The highest BCUT2D eigenvalue weighted by molar-refractivity contribution is 5.88. The molecule has 3 aromatic rings. The minimum absolute atomic E-state index is 0.604. The van der Waals surface area contributed by atoms with E-state index < -0.39 is 11.7 Å². The van der Waals surface area contributed by atoms with Gasteiger partial charge in [-0.2, -0.15) is 13.2 Å². The SMILES string of the molecule is CNCCCNc1nc(CN2CCN(Cc3ccc(C(F)(F)F)cc3)CC2)nc2ccccc12. The third-order valence-corrected chi connectivity index (χ3v) is 6.06. The Morgan fingerprint density at radius 1 is 0.853 bits per heavy atom. The Balaban J connectivity index is 1.34. The van der Waals surface area contributed by atoms with Crippen molar-refractivity contribution in [3.63, 3.8) is 0 Å². The van der Waals surface area contributed by atoms with Crippen molar-refractivity contribution in [1.29, 1.82) is 0 Å². The number of rotatable bonds is 9. The molecular weight excluding hydrogens is 441 g/mol. The molecule has 9 heteroatoms. The van der Waals surface area contributed by atoms with Crippen LogP contribution in [-0.4, -0.2) is 66.1 Å². The van der Waals surface area contributed by atoms with Crippen LogP contribution in [0.15, 0.2) is 48.5 Å². The number of anilines is 1. The topological polar surface area (TPSA) is 56.3 Å². The lowest BCUT2D eigenvalue weighted by Crippen LogP contribution is -2.45. The summed E-state index contributed by atoms with van der Waals surface area (Å²) in [5, 5.41) is 7.64. The largest absolute Gasteiger partial charge is 0.416 e. The first kappa shape index (κ1) is 24.4. The maximum absolute atomic E-state index is 12.8. The molecule has 0 saturated carbocycles. The van der Waals surface area contributed by atoms with Crippen molar-refractivity contribution < 1.29 is 13.2 Å². The number of fused-ring (bicyclic) bond motifs is 1. The standard InChI is InChI=1S/C25H31F3N6/c1-29-11-4-12-30-24-21-5-2-3-6-22(21)31-23(32-24)18-34-15-13-33(14-16-34)17-19-7-9-20(10-8-19)25(26,27)28/h2-3,5-10,29H,4,11-18H2,1H3,(H,30,31,32). The maximum atomic E-state index is 12.8. The van der Waals surface area contributed by atoms with Gasteiger partial charge in [0, 0.05) is 44.7 Å². The lowest BCUT2D eigenvalue weighted by atomic mass is 10.1. The van der Waals surface area contributed by atoms with Crippen LogP contribution in [0, 0.1) is 0 Å². The Hall–Kier alpha value is -2.75. The van der Waals surface area contributed by atoms with E-state index in [1.165, 1.54) is 0 Å². The summed E-state index contributed by atoms with van der Waals surface area (Å²) in [7, 11) is 1.95. The van der Waals surface area contributed by atoms with Crippen LogP contribution in [0.1, 0.15) is 23.4 Å². The van der Waals surface area contributed by atoms with E-state index in [1.807, 2.05) is 31.3 Å². The Morgan fingerprint density at radius 2 is 1.53 bits per heavy atom. The molecule has 2 heterocycles. The minimum Gasteiger partial charge on any atom is -0.369 e. The molecule has 0 unspecified atom stereocenters. The first-order valence-corrected chi connectivity index (χ1v) is 11.7. The second-order valence-corrected chi connectivity index (χ2v) is 8.64. The van der Waals surface area contributed by atoms with Gasteiger partial charge in [-0.3, -0.25) is 9.80 Å². The second kappa shape index (κ2) is 11.1. The molecule has 2 aromatic carbocycles. The summed E-state index contributed by atoms with van der Waals surface area (Å²) in [6.07, 6.45) is -3.29. The number of nitrogens with zero attached hydrogens (tertiary/aromatic N) is 4. The summed E-state index contributed by atoms with van der Waals surface area (Å²) in [5.41, 5.74) is 1.23. The molecule has 1 aliphatic heterocycles. The van der Waals surface area contributed by atoms with Gasteiger partial charge >= 0.3 is 6.18 Å². The van der Waals surface area contributed by atoms with Crippen molar-refractivity contribution in [2.75, 3.05) is 51.6 Å². The molecule has 34 heavy (non-hydrogen) atoms. The van der Waals surface area contributed by atoms with Crippen molar-refractivity contribution in [2.45, 2.75) is 25.7 Å². The van der Waals surface area contributed by atoms with E-state index in [0.29, 0.717) is 13.1 Å². The first-order chi connectivity index (χ1) is 16.4. The van der Waals surface area contributed by atoms with Gasteiger partial charge in [0.1, 0.15) is 11.6 Å². The van der Waals surface area contributed by atoms with Crippen LogP contribution >= 0.6 is 0 Å². The van der Waals surface area contributed by atoms with E-state index in [0.717, 1.165) is 85.9 Å². The van der Waals surface area contributed by atoms with Crippen molar-refractivity contribution >= 4 is 16.7 Å². The fourth-order valence-electron chi connectivity index (χ4n) is 4.16. The Bertz CT molecular complexity index is 1060. The molecule has 0 radical (unpaired) electrons. The zero-order valence-electron chi connectivity index (χ0n) is 19.4. The summed E-state index contributed by atoms with van der Waals surface area (Å²) < 4.78 is 38.3. The van der Waals surface area contributed by atoms with Crippen LogP contribution in [0.25, 0.3) is 10.9 Å². The minimum atomic E-state index is -4.29. The summed E-state index contributed by atoms with van der Waals surface area (Å²) in [6.45, 7) is 6.53. The lowest BCUT2D eigenvalue weighted by molar-refractivity contribution is -0.137. The molecule has 1 aromatic heterocycles. The van der Waals surface area contributed by atoms with Crippen molar-refractivity contribution in [3.8, 4) is 0 Å². The number of nitrogens with one attached hydrogen (secondary N) is 2. The maximum Gasteiger partial charge on any atom is 0.416 e. The van der Waals surface area contributed by atoms with Gasteiger partial charge in [-0.25, -0.2) is 9.97 Å². The summed E-state index contributed by atoms with van der Waals surface area (Å²) in [5.74, 6) is 1.67. The number of halogens is 3. The first-order valence-electron chi connectivity index (χ1n) is 11.7. The van der Waals surface area contributed by atoms with Crippen molar-refractivity contribution in [3.05, 3.63) is 65.5 Å². The van der Waals surface area contributed by atoms with E-state index in [1.54, 1.807) is 12.1 Å². The molecule has 0 atom stereocenters. The van der Waals surface area contributed by atoms with Gasteiger partial charge in [0.25, 0.3) is 0 Å². The predicted molar refractivity (Wildman–Crippen MR) is 129 cm³/mol. The zero-order chi connectivity index (χ0) is 24.0. The van der Waals surface area contributed by atoms with Crippen molar-refractivity contribution in [2.24, 2.45) is 0 Å². The van der Waals surface area contributed by atoms with Crippen LogP contribution in [-0.2, 0) is 19.3 Å². The van der Waals surface area contributed by atoms with Crippen molar-refractivity contribution in [1.82, 2.24) is 25.1 Å².